The number of rotatable bonds is 3. The van der Waals surface area contributed by atoms with Gasteiger partial charge in [0.1, 0.15) is 5.76 Å². The predicted octanol–water partition coefficient (Wildman–Crippen LogP) is 3.84. The number of hydrogen-bond donors (Lipinski definition) is 1. The van der Waals surface area contributed by atoms with E-state index in [0.29, 0.717) is 24.2 Å². The average Bonchev–Trinajstić information content (AvgIpc) is 3.08. The molecule has 2 aromatic rings. The van der Waals surface area contributed by atoms with Gasteiger partial charge in [-0.2, -0.15) is 13.2 Å². The molecular weight excluding hydrogens is 323 g/mol. The number of aromatic nitrogens is 2. The molecule has 1 N–H and O–H groups in total. The molecule has 5 nitrogen and oxygen atoms in total. The number of alkyl halides is 3. The Kier molecular flexibility index (Phi) is 4.06. The quantitative estimate of drug-likeness (QED) is 0.922. The fourth-order valence-electron chi connectivity index (χ4n) is 2.67. The first-order valence-corrected chi connectivity index (χ1v) is 7.62. The van der Waals surface area contributed by atoms with Crippen molar-refractivity contribution >= 4 is 11.7 Å². The summed E-state index contributed by atoms with van der Waals surface area (Å²) in [5.41, 5.74) is 0.608. The van der Waals surface area contributed by atoms with E-state index in [1.165, 1.54) is 12.4 Å². The first-order chi connectivity index (χ1) is 11.3. The van der Waals surface area contributed by atoms with Crippen LogP contribution >= 0.6 is 0 Å². The Hall–Kier alpha value is -2.38. The summed E-state index contributed by atoms with van der Waals surface area (Å²) in [6.07, 6.45) is -0.327. The minimum atomic E-state index is -4.59. The number of nitrogens with one attached hydrogen (secondary N) is 1. The molecule has 0 unspecified atom stereocenters. The largest absolute Gasteiger partial charge is 0.455 e. The maximum atomic E-state index is 13.2. The van der Waals surface area contributed by atoms with Crippen LogP contribution in [-0.2, 0) is 23.8 Å². The summed E-state index contributed by atoms with van der Waals surface area (Å²) >= 11 is 0. The van der Waals surface area contributed by atoms with E-state index in [1.807, 2.05) is 0 Å². The minimum Gasteiger partial charge on any atom is -0.455 e. The van der Waals surface area contributed by atoms with Crippen molar-refractivity contribution in [3.63, 3.8) is 0 Å². The fourth-order valence-corrected chi connectivity index (χ4v) is 2.67. The molecule has 2 aromatic heterocycles. The molecule has 0 radical (unpaired) electrons. The van der Waals surface area contributed by atoms with Crippen LogP contribution in [0.15, 0.2) is 16.8 Å². The Morgan fingerprint density at radius 1 is 1.25 bits per heavy atom. The van der Waals surface area contributed by atoms with Crippen molar-refractivity contribution < 1.29 is 22.4 Å². The first kappa shape index (κ1) is 16.5. The third kappa shape index (κ3) is 3.00. The lowest BCUT2D eigenvalue weighted by molar-refractivity contribution is -0.152. The summed E-state index contributed by atoms with van der Waals surface area (Å²) in [7, 11) is 0. The molecule has 0 saturated heterocycles. The van der Waals surface area contributed by atoms with Crippen LogP contribution in [0.3, 0.4) is 0 Å². The number of aryl methyl sites for hydroxylation is 1. The number of fused-ring (bicyclic) bond motifs is 1. The fraction of sp³-hybridized carbons (Fsp3) is 0.438. The van der Waals surface area contributed by atoms with Crippen LogP contribution in [0.2, 0.25) is 0 Å². The molecule has 0 bridgehead atoms. The molecule has 0 aliphatic heterocycles. The van der Waals surface area contributed by atoms with Crippen LogP contribution in [0.1, 0.15) is 37.4 Å². The van der Waals surface area contributed by atoms with Crippen molar-refractivity contribution in [2.45, 2.75) is 39.3 Å². The zero-order valence-corrected chi connectivity index (χ0v) is 13.2. The Bertz CT molecular complexity index is 764. The molecule has 1 amide bonds. The Balaban J connectivity index is 1.96. The molecule has 0 saturated carbocycles. The number of carbonyl (C=O) groups is 1. The van der Waals surface area contributed by atoms with E-state index in [-0.39, 0.29) is 28.9 Å². The highest BCUT2D eigenvalue weighted by atomic mass is 19.4. The molecule has 8 heteroatoms. The number of hydrogen-bond acceptors (Lipinski definition) is 4. The normalized spacial score (nSPS) is 14.1. The summed E-state index contributed by atoms with van der Waals surface area (Å²) < 4.78 is 44.7. The summed E-state index contributed by atoms with van der Waals surface area (Å²) in [5.74, 6) is -0.930. The number of furan rings is 1. The van der Waals surface area contributed by atoms with E-state index in [0.717, 1.165) is 6.42 Å². The third-order valence-corrected chi connectivity index (χ3v) is 3.86. The zero-order valence-electron chi connectivity index (χ0n) is 13.2. The van der Waals surface area contributed by atoms with Crippen molar-refractivity contribution in [2.24, 2.45) is 5.92 Å². The van der Waals surface area contributed by atoms with E-state index < -0.39 is 11.9 Å². The molecule has 3 rings (SSSR count). The minimum absolute atomic E-state index is 0.0377. The van der Waals surface area contributed by atoms with Gasteiger partial charge in [0.25, 0.3) is 0 Å². The van der Waals surface area contributed by atoms with Crippen LogP contribution in [0, 0.1) is 5.92 Å². The highest BCUT2D eigenvalue weighted by Gasteiger charge is 2.42. The Morgan fingerprint density at radius 3 is 2.58 bits per heavy atom. The molecule has 24 heavy (non-hydrogen) atoms. The summed E-state index contributed by atoms with van der Waals surface area (Å²) in [4.78, 5) is 19.7. The number of anilines is 1. The predicted molar refractivity (Wildman–Crippen MR) is 80.2 cm³/mol. The third-order valence-electron chi connectivity index (χ3n) is 3.86. The molecule has 1 aliphatic rings. The van der Waals surface area contributed by atoms with Gasteiger partial charge in [0.05, 0.1) is 23.7 Å². The standard InChI is InChI=1S/C16H16F3N3O2/c1-8(2)15(23)22-12-7-20-10(6-21-12)13-9-4-3-5-11(9)24-14(13)16(17,18)19/h6-8H,3-5H2,1-2H3,(H,21,22,23). The van der Waals surface area contributed by atoms with Gasteiger partial charge in [-0.3, -0.25) is 9.78 Å². The SMILES string of the molecule is CC(C)C(=O)Nc1cnc(-c2c(C(F)(F)F)oc3c2CCC3)cn1. The van der Waals surface area contributed by atoms with E-state index in [2.05, 4.69) is 15.3 Å². The summed E-state index contributed by atoms with van der Waals surface area (Å²) in [6, 6.07) is 0. The van der Waals surface area contributed by atoms with Gasteiger partial charge in [0, 0.05) is 17.9 Å². The van der Waals surface area contributed by atoms with Crippen LogP contribution in [0.4, 0.5) is 19.0 Å². The molecule has 128 valence electrons. The van der Waals surface area contributed by atoms with Gasteiger partial charge in [-0.05, 0) is 12.8 Å². The lowest BCUT2D eigenvalue weighted by Crippen LogP contribution is -2.18. The first-order valence-electron chi connectivity index (χ1n) is 7.62. The second kappa shape index (κ2) is 5.92. The van der Waals surface area contributed by atoms with Gasteiger partial charge < -0.3 is 9.73 Å². The number of amides is 1. The number of halogens is 3. The van der Waals surface area contributed by atoms with Gasteiger partial charge in [-0.1, -0.05) is 13.8 Å². The van der Waals surface area contributed by atoms with Gasteiger partial charge in [0.2, 0.25) is 11.7 Å². The molecule has 0 spiro atoms. The lowest BCUT2D eigenvalue weighted by Gasteiger charge is -2.09. The smallest absolute Gasteiger partial charge is 0.450 e. The molecule has 2 heterocycles. The van der Waals surface area contributed by atoms with Gasteiger partial charge >= 0.3 is 6.18 Å². The summed E-state index contributed by atoms with van der Waals surface area (Å²) in [5, 5.41) is 2.55. The summed E-state index contributed by atoms with van der Waals surface area (Å²) in [6.45, 7) is 3.45. The van der Waals surface area contributed by atoms with Crippen LogP contribution in [0.5, 0.6) is 0 Å². The number of carbonyl (C=O) groups excluding carboxylic acids is 1. The maximum absolute atomic E-state index is 13.2. The van der Waals surface area contributed by atoms with Crippen LogP contribution in [-0.4, -0.2) is 15.9 Å². The highest BCUT2D eigenvalue weighted by Crippen LogP contribution is 2.44. The van der Waals surface area contributed by atoms with Gasteiger partial charge in [-0.15, -0.1) is 0 Å². The van der Waals surface area contributed by atoms with E-state index in [9.17, 15) is 18.0 Å². The Morgan fingerprint density at radius 2 is 2.00 bits per heavy atom. The van der Waals surface area contributed by atoms with E-state index in [1.54, 1.807) is 13.8 Å². The van der Waals surface area contributed by atoms with Gasteiger partial charge in [-0.25, -0.2) is 4.98 Å². The lowest BCUT2D eigenvalue weighted by atomic mass is 10.1. The monoisotopic (exact) mass is 339 g/mol. The van der Waals surface area contributed by atoms with Crippen LogP contribution < -0.4 is 5.32 Å². The highest BCUT2D eigenvalue weighted by molar-refractivity contribution is 5.91. The average molecular weight is 339 g/mol. The molecule has 0 aromatic carbocycles. The van der Waals surface area contributed by atoms with Crippen molar-refractivity contribution in [1.29, 1.82) is 0 Å². The van der Waals surface area contributed by atoms with Gasteiger partial charge in [0.15, 0.2) is 5.82 Å². The molecule has 0 atom stereocenters. The van der Waals surface area contributed by atoms with Crippen molar-refractivity contribution in [3.8, 4) is 11.3 Å². The van der Waals surface area contributed by atoms with E-state index in [4.69, 9.17) is 4.42 Å². The van der Waals surface area contributed by atoms with E-state index >= 15 is 0 Å². The second-order valence-electron chi connectivity index (χ2n) is 5.99. The maximum Gasteiger partial charge on any atom is 0.450 e. The van der Waals surface area contributed by atoms with Crippen molar-refractivity contribution in [2.75, 3.05) is 5.32 Å². The van der Waals surface area contributed by atoms with Crippen molar-refractivity contribution in [1.82, 2.24) is 9.97 Å². The molecular formula is C16H16F3N3O2. The number of nitrogens with zero attached hydrogens (tertiary/aromatic N) is 2. The molecule has 1 aliphatic carbocycles. The Labute approximate surface area is 136 Å². The second-order valence-corrected chi connectivity index (χ2v) is 5.99. The topological polar surface area (TPSA) is 68.0 Å². The van der Waals surface area contributed by atoms with Crippen LogP contribution in [0.25, 0.3) is 11.3 Å². The molecule has 0 fully saturated rings. The van der Waals surface area contributed by atoms with Crippen molar-refractivity contribution in [3.05, 3.63) is 29.5 Å². The zero-order chi connectivity index (χ0) is 17.5.